The maximum absolute atomic E-state index is 12.9. The van der Waals surface area contributed by atoms with Crippen LogP contribution >= 0.6 is 27.5 Å². The van der Waals surface area contributed by atoms with Crippen molar-refractivity contribution in [2.24, 2.45) is 22.7 Å². The SMILES string of the molecule is O=C1NC(=O)N([C@@H]2C[C@H]3CC[C@H]2C3)C(=O)[C@@H]1C=Nc1ccc(Br)cc1Cl. The number of urea groups is 1. The predicted molar refractivity (Wildman–Crippen MR) is 100 cm³/mol. The maximum Gasteiger partial charge on any atom is 0.331 e. The van der Waals surface area contributed by atoms with E-state index < -0.39 is 23.8 Å². The van der Waals surface area contributed by atoms with Crippen LogP contribution in [0.2, 0.25) is 5.02 Å². The van der Waals surface area contributed by atoms with Crippen LogP contribution in [0.5, 0.6) is 0 Å². The Morgan fingerprint density at radius 2 is 2.04 bits per heavy atom. The van der Waals surface area contributed by atoms with E-state index >= 15 is 0 Å². The highest BCUT2D eigenvalue weighted by Gasteiger charge is 2.50. The summed E-state index contributed by atoms with van der Waals surface area (Å²) in [4.78, 5) is 42.8. The van der Waals surface area contributed by atoms with Crippen LogP contribution in [-0.4, -0.2) is 35.0 Å². The van der Waals surface area contributed by atoms with Crippen molar-refractivity contribution < 1.29 is 14.4 Å². The number of hydrogen-bond donors (Lipinski definition) is 1. The monoisotopic (exact) mass is 437 g/mol. The van der Waals surface area contributed by atoms with Gasteiger partial charge < -0.3 is 0 Å². The molecule has 0 unspecified atom stereocenters. The van der Waals surface area contributed by atoms with E-state index in [0.29, 0.717) is 22.5 Å². The molecule has 1 aromatic carbocycles. The number of hydrogen-bond acceptors (Lipinski definition) is 4. The average molecular weight is 439 g/mol. The lowest BCUT2D eigenvalue weighted by molar-refractivity contribution is -0.141. The van der Waals surface area contributed by atoms with Gasteiger partial charge in [0.05, 0.1) is 10.7 Å². The highest BCUT2D eigenvalue weighted by molar-refractivity contribution is 9.10. The highest BCUT2D eigenvalue weighted by atomic mass is 79.9. The van der Waals surface area contributed by atoms with Crippen LogP contribution in [0.3, 0.4) is 0 Å². The zero-order chi connectivity index (χ0) is 18.4. The molecule has 3 aliphatic rings. The summed E-state index contributed by atoms with van der Waals surface area (Å²) >= 11 is 9.44. The number of carbonyl (C=O) groups excluding carboxylic acids is 3. The van der Waals surface area contributed by atoms with Gasteiger partial charge in [-0.05, 0) is 49.3 Å². The van der Waals surface area contributed by atoms with Gasteiger partial charge >= 0.3 is 6.03 Å². The molecule has 0 aromatic heterocycles. The Bertz CT molecular complexity index is 828. The lowest BCUT2D eigenvalue weighted by Crippen LogP contribution is -2.62. The molecule has 4 atom stereocenters. The molecule has 1 N–H and O–H groups in total. The van der Waals surface area contributed by atoms with Crippen molar-refractivity contribution in [2.45, 2.75) is 31.7 Å². The molecule has 2 saturated carbocycles. The van der Waals surface area contributed by atoms with Gasteiger partial charge in [-0.15, -0.1) is 0 Å². The van der Waals surface area contributed by atoms with E-state index in [0.717, 1.165) is 30.2 Å². The lowest BCUT2D eigenvalue weighted by Gasteiger charge is -2.36. The molecule has 2 aliphatic carbocycles. The van der Waals surface area contributed by atoms with E-state index in [-0.39, 0.29) is 6.04 Å². The molecule has 26 heavy (non-hydrogen) atoms. The molecule has 2 bridgehead atoms. The zero-order valence-corrected chi connectivity index (χ0v) is 16.2. The van der Waals surface area contributed by atoms with E-state index in [1.807, 2.05) is 0 Å². The number of nitrogens with one attached hydrogen (secondary N) is 1. The lowest BCUT2D eigenvalue weighted by atomic mass is 9.92. The molecule has 3 fully saturated rings. The number of amides is 4. The first kappa shape index (κ1) is 17.7. The number of halogens is 2. The largest absolute Gasteiger partial charge is 0.331 e. The molecule has 8 heteroatoms. The minimum absolute atomic E-state index is 0.110. The summed E-state index contributed by atoms with van der Waals surface area (Å²) in [6, 6.07) is 4.42. The quantitative estimate of drug-likeness (QED) is 0.577. The van der Waals surface area contributed by atoms with Crippen molar-refractivity contribution in [1.29, 1.82) is 0 Å². The van der Waals surface area contributed by atoms with Crippen LogP contribution in [0.4, 0.5) is 10.5 Å². The summed E-state index contributed by atoms with van der Waals surface area (Å²) < 4.78 is 0.806. The maximum atomic E-state index is 12.9. The summed E-state index contributed by atoms with van der Waals surface area (Å²) in [5.41, 5.74) is 0.457. The van der Waals surface area contributed by atoms with Crippen molar-refractivity contribution in [2.75, 3.05) is 0 Å². The molecule has 136 valence electrons. The molecule has 1 aromatic rings. The molecule has 4 amide bonds. The van der Waals surface area contributed by atoms with Gasteiger partial charge in [-0.3, -0.25) is 24.8 Å². The third-order valence-corrected chi connectivity index (χ3v) is 6.34. The number of aliphatic imine (C=N–C) groups is 1. The van der Waals surface area contributed by atoms with Gasteiger partial charge in [0.2, 0.25) is 11.8 Å². The minimum Gasteiger partial charge on any atom is -0.277 e. The molecular weight excluding hydrogens is 422 g/mol. The molecular formula is C18H17BrClN3O3. The molecule has 1 aliphatic heterocycles. The van der Waals surface area contributed by atoms with E-state index in [2.05, 4.69) is 26.2 Å². The number of nitrogens with zero attached hydrogens (tertiary/aromatic N) is 2. The van der Waals surface area contributed by atoms with E-state index in [4.69, 9.17) is 11.6 Å². The Kier molecular flexibility index (Phi) is 4.61. The Balaban J connectivity index is 1.57. The second kappa shape index (κ2) is 6.78. The number of benzene rings is 1. The average Bonchev–Trinajstić information content (AvgIpc) is 3.19. The molecule has 4 rings (SSSR count). The zero-order valence-electron chi connectivity index (χ0n) is 13.8. The van der Waals surface area contributed by atoms with Crippen molar-refractivity contribution in [3.05, 3.63) is 27.7 Å². The van der Waals surface area contributed by atoms with Crippen molar-refractivity contribution >= 4 is 57.3 Å². The van der Waals surface area contributed by atoms with Gasteiger partial charge in [0.15, 0.2) is 5.92 Å². The first-order chi connectivity index (χ1) is 12.4. The van der Waals surface area contributed by atoms with Crippen LogP contribution in [-0.2, 0) is 9.59 Å². The molecule has 0 spiro atoms. The normalized spacial score (nSPS) is 31.2. The van der Waals surface area contributed by atoms with E-state index in [1.54, 1.807) is 18.2 Å². The summed E-state index contributed by atoms with van der Waals surface area (Å²) in [6.07, 6.45) is 5.37. The van der Waals surface area contributed by atoms with Crippen LogP contribution in [0.15, 0.2) is 27.7 Å². The van der Waals surface area contributed by atoms with E-state index in [9.17, 15) is 14.4 Å². The van der Waals surface area contributed by atoms with Gasteiger partial charge in [-0.1, -0.05) is 34.0 Å². The first-order valence-corrected chi connectivity index (χ1v) is 9.78. The molecule has 6 nitrogen and oxygen atoms in total. The summed E-state index contributed by atoms with van der Waals surface area (Å²) in [5.74, 6) is -1.32. The number of carbonyl (C=O) groups is 3. The van der Waals surface area contributed by atoms with Gasteiger partial charge in [0.25, 0.3) is 0 Å². The molecule has 1 heterocycles. The summed E-state index contributed by atoms with van der Waals surface area (Å²) in [5, 5.41) is 2.70. The summed E-state index contributed by atoms with van der Waals surface area (Å²) in [7, 11) is 0. The van der Waals surface area contributed by atoms with Gasteiger partial charge in [0, 0.05) is 16.7 Å². The van der Waals surface area contributed by atoms with Crippen molar-refractivity contribution in [3.63, 3.8) is 0 Å². The summed E-state index contributed by atoms with van der Waals surface area (Å²) in [6.45, 7) is 0. The first-order valence-electron chi connectivity index (χ1n) is 8.61. The second-order valence-corrected chi connectivity index (χ2v) is 8.42. The fourth-order valence-electron chi connectivity index (χ4n) is 4.32. The predicted octanol–water partition coefficient (Wildman–Crippen LogP) is 3.69. The van der Waals surface area contributed by atoms with Gasteiger partial charge in [0.1, 0.15) is 0 Å². The minimum atomic E-state index is -1.12. The third-order valence-electron chi connectivity index (χ3n) is 5.54. The Labute approximate surface area is 164 Å². The fourth-order valence-corrected chi connectivity index (χ4v) is 5.04. The van der Waals surface area contributed by atoms with Crippen molar-refractivity contribution in [1.82, 2.24) is 10.2 Å². The fraction of sp³-hybridized carbons (Fsp3) is 0.444. The molecule has 1 saturated heterocycles. The smallest absolute Gasteiger partial charge is 0.277 e. The topological polar surface area (TPSA) is 78.8 Å². The number of rotatable bonds is 3. The number of fused-ring (bicyclic) bond motifs is 2. The number of barbiturate groups is 1. The van der Waals surface area contributed by atoms with Crippen LogP contribution < -0.4 is 5.32 Å². The Hall–Kier alpha value is -1.73. The standard InChI is InChI=1S/C18H17BrClN3O3/c19-11-3-4-14(13(20)7-11)21-8-12-16(24)22-18(26)23(17(12)25)15-6-9-1-2-10(15)5-9/h3-4,7-10,12,15H,1-2,5-6H2,(H,22,24,26)/t9-,10-,12+,15+/m0/s1. The Morgan fingerprint density at radius 1 is 1.23 bits per heavy atom. The van der Waals surface area contributed by atoms with Crippen molar-refractivity contribution in [3.8, 4) is 0 Å². The Morgan fingerprint density at radius 3 is 2.69 bits per heavy atom. The van der Waals surface area contributed by atoms with Gasteiger partial charge in [-0.25, -0.2) is 4.79 Å². The van der Waals surface area contributed by atoms with Crippen LogP contribution in [0.1, 0.15) is 25.7 Å². The van der Waals surface area contributed by atoms with Gasteiger partial charge in [-0.2, -0.15) is 0 Å². The van der Waals surface area contributed by atoms with Crippen LogP contribution in [0.25, 0.3) is 0 Å². The van der Waals surface area contributed by atoms with E-state index in [1.165, 1.54) is 11.1 Å². The third kappa shape index (κ3) is 3.07. The highest BCUT2D eigenvalue weighted by Crippen LogP contribution is 2.47. The number of imide groups is 2. The van der Waals surface area contributed by atoms with Crippen LogP contribution in [0, 0.1) is 17.8 Å². The molecule has 0 radical (unpaired) electrons. The second-order valence-electron chi connectivity index (χ2n) is 7.10.